The van der Waals surface area contributed by atoms with Crippen LogP contribution >= 0.6 is 11.6 Å². The highest BCUT2D eigenvalue weighted by Gasteiger charge is 2.26. The summed E-state index contributed by atoms with van der Waals surface area (Å²) in [6.45, 7) is 3.25. The quantitative estimate of drug-likeness (QED) is 0.654. The Labute approximate surface area is 169 Å². The fourth-order valence-electron chi connectivity index (χ4n) is 2.96. The van der Waals surface area contributed by atoms with Crippen molar-refractivity contribution in [2.45, 2.75) is 13.0 Å². The summed E-state index contributed by atoms with van der Waals surface area (Å²) < 4.78 is 11.4. The van der Waals surface area contributed by atoms with Gasteiger partial charge in [0.1, 0.15) is 11.5 Å². The number of carbonyl (C=O) groups is 1. The van der Waals surface area contributed by atoms with Gasteiger partial charge in [0.15, 0.2) is 0 Å². The summed E-state index contributed by atoms with van der Waals surface area (Å²) in [6.07, 6.45) is 0.689. The first-order valence-electron chi connectivity index (χ1n) is 9.11. The maximum Gasteiger partial charge on any atom is 0.248 e. The van der Waals surface area contributed by atoms with Crippen LogP contribution in [0, 0.1) is 17.2 Å². The summed E-state index contributed by atoms with van der Waals surface area (Å²) in [5.74, 6) is 1.00. The minimum atomic E-state index is -0.460. The number of nitrogens with two attached hydrogens (primary N) is 1. The Morgan fingerprint density at radius 3 is 2.57 bits per heavy atom. The molecule has 0 bridgehead atoms. The van der Waals surface area contributed by atoms with Gasteiger partial charge in [0.05, 0.1) is 30.2 Å². The summed E-state index contributed by atoms with van der Waals surface area (Å²) >= 11 is 6.47. The molecule has 2 N–H and O–H groups in total. The zero-order chi connectivity index (χ0) is 19.9. The number of nitriles is 1. The number of hydrogen-bond donors (Lipinski definition) is 1. The number of hydrogen-bond acceptors (Lipinski definition) is 5. The van der Waals surface area contributed by atoms with Gasteiger partial charge in [0, 0.05) is 31.6 Å². The molecule has 0 aliphatic carbocycles. The van der Waals surface area contributed by atoms with Crippen LogP contribution in [0.1, 0.15) is 22.3 Å². The van der Waals surface area contributed by atoms with E-state index in [0.717, 1.165) is 25.2 Å². The molecule has 0 aromatic heterocycles. The van der Waals surface area contributed by atoms with Crippen LogP contribution in [0.25, 0.3) is 0 Å². The number of benzene rings is 2. The van der Waals surface area contributed by atoms with E-state index in [4.69, 9.17) is 32.1 Å². The van der Waals surface area contributed by atoms with Crippen molar-refractivity contribution in [3.05, 3.63) is 58.6 Å². The molecule has 28 heavy (non-hydrogen) atoms. The maximum absolute atomic E-state index is 11.0. The van der Waals surface area contributed by atoms with E-state index in [2.05, 4.69) is 11.0 Å². The second-order valence-corrected chi connectivity index (χ2v) is 7.07. The molecular weight excluding hydrogens is 378 g/mol. The van der Waals surface area contributed by atoms with Crippen molar-refractivity contribution in [1.82, 2.24) is 4.90 Å². The number of primary amides is 1. The molecule has 6 nitrogen and oxygen atoms in total. The normalized spacial score (nSPS) is 14.1. The minimum Gasteiger partial charge on any atom is -0.493 e. The Hall–Kier alpha value is -2.75. The largest absolute Gasteiger partial charge is 0.493 e. The summed E-state index contributed by atoms with van der Waals surface area (Å²) in [5, 5.41) is 9.48. The molecule has 0 spiro atoms. The third-order valence-electron chi connectivity index (χ3n) is 4.53. The van der Waals surface area contributed by atoms with Gasteiger partial charge in [-0.1, -0.05) is 23.7 Å². The lowest BCUT2D eigenvalue weighted by atomic mass is 10.0. The number of nitrogens with zero attached hydrogens (tertiary/aromatic N) is 2. The van der Waals surface area contributed by atoms with E-state index < -0.39 is 5.91 Å². The van der Waals surface area contributed by atoms with Crippen LogP contribution in [0.4, 0.5) is 0 Å². The number of halogens is 1. The highest BCUT2D eigenvalue weighted by molar-refractivity contribution is 6.32. The standard InChI is InChI=1S/C21H22ClN3O3/c22-20-17(14-25-12-15(11-23)13-25)3-1-4-19(20)28-10-2-9-27-18-7-5-16(6-8-18)21(24)26/h1,3-8,15H,2,9-10,12-14H2,(H2,24,26). The van der Waals surface area contributed by atoms with Crippen molar-refractivity contribution in [3.63, 3.8) is 0 Å². The topological polar surface area (TPSA) is 88.6 Å². The van der Waals surface area contributed by atoms with Crippen LogP contribution in [-0.4, -0.2) is 37.1 Å². The molecule has 1 aliphatic heterocycles. The molecule has 0 atom stereocenters. The molecule has 0 saturated carbocycles. The predicted molar refractivity (Wildman–Crippen MR) is 106 cm³/mol. The molecular formula is C21H22ClN3O3. The summed E-state index contributed by atoms with van der Waals surface area (Å²) in [4.78, 5) is 13.2. The second-order valence-electron chi connectivity index (χ2n) is 6.69. The molecule has 1 heterocycles. The third kappa shape index (κ3) is 5.16. The van der Waals surface area contributed by atoms with Crippen molar-refractivity contribution in [2.24, 2.45) is 11.7 Å². The van der Waals surface area contributed by atoms with Gasteiger partial charge in [-0.05, 0) is 35.9 Å². The average molecular weight is 400 g/mol. The lowest BCUT2D eigenvalue weighted by molar-refractivity contribution is 0.100. The number of amides is 1. The number of likely N-dealkylation sites (tertiary alicyclic amines) is 1. The van der Waals surface area contributed by atoms with Crippen LogP contribution in [-0.2, 0) is 6.54 Å². The van der Waals surface area contributed by atoms with Crippen LogP contribution in [0.3, 0.4) is 0 Å². The van der Waals surface area contributed by atoms with Crippen molar-refractivity contribution in [3.8, 4) is 17.6 Å². The zero-order valence-electron chi connectivity index (χ0n) is 15.4. The van der Waals surface area contributed by atoms with E-state index in [1.807, 2.05) is 18.2 Å². The highest BCUT2D eigenvalue weighted by atomic mass is 35.5. The van der Waals surface area contributed by atoms with Gasteiger partial charge in [-0.2, -0.15) is 5.26 Å². The molecule has 0 radical (unpaired) electrons. The zero-order valence-corrected chi connectivity index (χ0v) is 16.2. The number of carbonyl (C=O) groups excluding carboxylic acids is 1. The summed E-state index contributed by atoms with van der Waals surface area (Å²) in [6, 6.07) is 14.7. The predicted octanol–water partition coefficient (Wildman–Crippen LogP) is 3.24. The van der Waals surface area contributed by atoms with Gasteiger partial charge in [0.2, 0.25) is 5.91 Å². The molecule has 2 aromatic carbocycles. The third-order valence-corrected chi connectivity index (χ3v) is 4.96. The van der Waals surface area contributed by atoms with Crippen LogP contribution < -0.4 is 15.2 Å². The maximum atomic E-state index is 11.0. The average Bonchev–Trinajstić information content (AvgIpc) is 2.66. The monoisotopic (exact) mass is 399 g/mol. The summed E-state index contributed by atoms with van der Waals surface area (Å²) in [5.41, 5.74) is 6.66. The van der Waals surface area contributed by atoms with E-state index in [0.29, 0.717) is 41.7 Å². The molecule has 1 aliphatic rings. The first-order chi connectivity index (χ1) is 13.6. The fraction of sp³-hybridized carbons (Fsp3) is 0.333. The van der Waals surface area contributed by atoms with Crippen LogP contribution in [0.2, 0.25) is 5.02 Å². The van der Waals surface area contributed by atoms with Crippen LogP contribution in [0.15, 0.2) is 42.5 Å². The molecule has 2 aromatic rings. The number of ether oxygens (including phenoxy) is 2. The van der Waals surface area contributed by atoms with Gasteiger partial charge in [-0.3, -0.25) is 9.69 Å². The second kappa shape index (κ2) is 9.45. The Balaban J connectivity index is 1.41. The van der Waals surface area contributed by atoms with E-state index in [1.165, 1.54) is 0 Å². The molecule has 1 fully saturated rings. The first kappa shape index (κ1) is 20.0. The van der Waals surface area contributed by atoms with Crippen molar-refractivity contribution in [2.75, 3.05) is 26.3 Å². The van der Waals surface area contributed by atoms with Gasteiger partial charge < -0.3 is 15.2 Å². The van der Waals surface area contributed by atoms with Gasteiger partial charge in [-0.25, -0.2) is 0 Å². The lowest BCUT2D eigenvalue weighted by Gasteiger charge is -2.35. The van der Waals surface area contributed by atoms with Crippen molar-refractivity contribution >= 4 is 17.5 Å². The van der Waals surface area contributed by atoms with E-state index in [9.17, 15) is 4.79 Å². The Bertz CT molecular complexity index is 858. The molecule has 0 unspecified atom stereocenters. The van der Waals surface area contributed by atoms with Gasteiger partial charge in [-0.15, -0.1) is 0 Å². The van der Waals surface area contributed by atoms with E-state index in [-0.39, 0.29) is 5.92 Å². The molecule has 146 valence electrons. The van der Waals surface area contributed by atoms with Gasteiger partial charge in [0.25, 0.3) is 0 Å². The van der Waals surface area contributed by atoms with Crippen molar-refractivity contribution in [1.29, 1.82) is 5.26 Å². The smallest absolute Gasteiger partial charge is 0.248 e. The van der Waals surface area contributed by atoms with E-state index in [1.54, 1.807) is 24.3 Å². The Kier molecular flexibility index (Phi) is 6.75. The van der Waals surface area contributed by atoms with Crippen LogP contribution in [0.5, 0.6) is 11.5 Å². The highest BCUT2D eigenvalue weighted by Crippen LogP contribution is 2.30. The molecule has 7 heteroatoms. The fourth-order valence-corrected chi connectivity index (χ4v) is 3.20. The molecule has 1 saturated heterocycles. The first-order valence-corrected chi connectivity index (χ1v) is 9.49. The molecule has 1 amide bonds. The Morgan fingerprint density at radius 2 is 1.89 bits per heavy atom. The Morgan fingerprint density at radius 1 is 1.18 bits per heavy atom. The SMILES string of the molecule is N#CC1CN(Cc2cccc(OCCCOc3ccc(C(N)=O)cc3)c2Cl)C1. The summed E-state index contributed by atoms with van der Waals surface area (Å²) in [7, 11) is 0. The van der Waals surface area contributed by atoms with Crippen molar-refractivity contribution < 1.29 is 14.3 Å². The van der Waals surface area contributed by atoms with Gasteiger partial charge >= 0.3 is 0 Å². The number of rotatable bonds is 9. The molecule has 3 rings (SSSR count). The lowest BCUT2D eigenvalue weighted by Crippen LogP contribution is -2.45. The van der Waals surface area contributed by atoms with E-state index >= 15 is 0 Å². The minimum absolute atomic E-state index is 0.130.